The lowest BCUT2D eigenvalue weighted by Gasteiger charge is -2.28. The molecule has 0 aromatic heterocycles. The predicted octanol–water partition coefficient (Wildman–Crippen LogP) is 2.32. The molecule has 1 aliphatic heterocycles. The molecule has 2 amide bonds. The van der Waals surface area contributed by atoms with Gasteiger partial charge < -0.3 is 15.3 Å². The molecule has 1 aromatic rings. The SMILES string of the molecule is CCCCC(NC(=O)CN1C(=O)CSC=C1c1ccccc1)C(=O)O. The van der Waals surface area contributed by atoms with Crippen LogP contribution in [0.25, 0.3) is 5.70 Å². The number of rotatable bonds is 8. The molecule has 1 unspecified atom stereocenters. The summed E-state index contributed by atoms with van der Waals surface area (Å²) in [6.07, 6.45) is 1.94. The van der Waals surface area contributed by atoms with Crippen LogP contribution in [0.3, 0.4) is 0 Å². The Kier molecular flexibility index (Phi) is 7.06. The van der Waals surface area contributed by atoms with E-state index in [0.29, 0.717) is 18.5 Å². The molecule has 0 fully saturated rings. The van der Waals surface area contributed by atoms with Gasteiger partial charge in [0.05, 0.1) is 11.4 Å². The van der Waals surface area contributed by atoms with Crippen molar-refractivity contribution in [2.75, 3.05) is 12.3 Å². The summed E-state index contributed by atoms with van der Waals surface area (Å²) in [6, 6.07) is 8.43. The van der Waals surface area contributed by atoms with E-state index in [1.807, 2.05) is 42.7 Å². The van der Waals surface area contributed by atoms with Crippen LogP contribution in [-0.4, -0.2) is 46.1 Å². The highest BCUT2D eigenvalue weighted by Crippen LogP contribution is 2.27. The van der Waals surface area contributed by atoms with Crippen LogP contribution in [0, 0.1) is 0 Å². The van der Waals surface area contributed by atoms with Crippen molar-refractivity contribution >= 4 is 35.2 Å². The quantitative estimate of drug-likeness (QED) is 0.741. The number of hydrogen-bond acceptors (Lipinski definition) is 4. The monoisotopic (exact) mass is 362 g/mol. The maximum Gasteiger partial charge on any atom is 0.326 e. The Morgan fingerprint density at radius 1 is 1.32 bits per heavy atom. The van der Waals surface area contributed by atoms with E-state index in [-0.39, 0.29) is 18.2 Å². The Bertz CT molecular complexity index is 660. The normalized spacial score (nSPS) is 15.5. The number of carbonyl (C=O) groups excluding carboxylic acids is 2. The number of hydrogen-bond donors (Lipinski definition) is 2. The van der Waals surface area contributed by atoms with Gasteiger partial charge >= 0.3 is 5.97 Å². The zero-order chi connectivity index (χ0) is 18.2. The van der Waals surface area contributed by atoms with Crippen molar-refractivity contribution in [3.05, 3.63) is 41.3 Å². The Morgan fingerprint density at radius 2 is 2.04 bits per heavy atom. The third-order valence-electron chi connectivity index (χ3n) is 3.84. The summed E-state index contributed by atoms with van der Waals surface area (Å²) in [4.78, 5) is 37.3. The van der Waals surface area contributed by atoms with Gasteiger partial charge in [0.25, 0.3) is 0 Å². The number of amides is 2. The van der Waals surface area contributed by atoms with E-state index in [9.17, 15) is 19.5 Å². The summed E-state index contributed by atoms with van der Waals surface area (Å²) >= 11 is 1.39. The number of carbonyl (C=O) groups is 3. The van der Waals surface area contributed by atoms with Crippen LogP contribution in [0.4, 0.5) is 0 Å². The second-order valence-electron chi connectivity index (χ2n) is 5.76. The Morgan fingerprint density at radius 3 is 2.68 bits per heavy atom. The van der Waals surface area contributed by atoms with E-state index >= 15 is 0 Å². The van der Waals surface area contributed by atoms with Crippen LogP contribution < -0.4 is 5.32 Å². The summed E-state index contributed by atoms with van der Waals surface area (Å²) in [7, 11) is 0. The molecule has 0 radical (unpaired) electrons. The molecule has 2 rings (SSSR count). The van der Waals surface area contributed by atoms with E-state index in [1.54, 1.807) is 0 Å². The van der Waals surface area contributed by atoms with Gasteiger partial charge in [0, 0.05) is 0 Å². The van der Waals surface area contributed by atoms with Crippen LogP contribution in [0.1, 0.15) is 31.7 Å². The highest BCUT2D eigenvalue weighted by atomic mass is 32.2. The van der Waals surface area contributed by atoms with Gasteiger partial charge in [-0.1, -0.05) is 50.1 Å². The smallest absolute Gasteiger partial charge is 0.326 e. The molecular formula is C18H22N2O4S. The topological polar surface area (TPSA) is 86.7 Å². The van der Waals surface area contributed by atoms with Gasteiger partial charge in [-0.15, -0.1) is 11.8 Å². The summed E-state index contributed by atoms with van der Waals surface area (Å²) in [5, 5.41) is 13.6. The van der Waals surface area contributed by atoms with Crippen molar-refractivity contribution in [3.63, 3.8) is 0 Å². The summed E-state index contributed by atoms with van der Waals surface area (Å²) in [6.45, 7) is 1.78. The van der Waals surface area contributed by atoms with E-state index in [2.05, 4.69) is 5.32 Å². The Hall–Kier alpha value is -2.28. The van der Waals surface area contributed by atoms with Crippen molar-refractivity contribution in [2.24, 2.45) is 0 Å². The summed E-state index contributed by atoms with van der Waals surface area (Å²) in [5.41, 5.74) is 1.51. The first kappa shape index (κ1) is 19.1. The predicted molar refractivity (Wildman–Crippen MR) is 97.7 cm³/mol. The highest BCUT2D eigenvalue weighted by molar-refractivity contribution is 8.03. The standard InChI is InChI=1S/C18H22N2O4S/c1-2-3-9-14(18(23)24)19-16(21)10-20-15(11-25-12-17(20)22)13-7-5-4-6-8-13/h4-8,11,14H,2-3,9-10,12H2,1H3,(H,19,21)(H,23,24). The van der Waals surface area contributed by atoms with Gasteiger partial charge in [0.2, 0.25) is 11.8 Å². The number of benzene rings is 1. The summed E-state index contributed by atoms with van der Waals surface area (Å²) in [5.74, 6) is -1.42. The molecule has 1 heterocycles. The first-order chi connectivity index (χ1) is 12.0. The minimum absolute atomic E-state index is 0.165. The largest absolute Gasteiger partial charge is 0.480 e. The third-order valence-corrected chi connectivity index (χ3v) is 4.65. The first-order valence-corrected chi connectivity index (χ1v) is 9.27. The minimum Gasteiger partial charge on any atom is -0.480 e. The lowest BCUT2D eigenvalue weighted by Crippen LogP contribution is -2.47. The first-order valence-electron chi connectivity index (χ1n) is 8.22. The molecule has 0 bridgehead atoms. The maximum atomic E-state index is 12.3. The number of carboxylic acids is 1. The fourth-order valence-corrected chi connectivity index (χ4v) is 3.33. The van der Waals surface area contributed by atoms with Gasteiger partial charge in [-0.05, 0) is 17.4 Å². The Labute approximate surface area is 151 Å². The van der Waals surface area contributed by atoms with E-state index in [1.165, 1.54) is 16.7 Å². The molecule has 0 spiro atoms. The number of nitrogens with zero attached hydrogens (tertiary/aromatic N) is 1. The van der Waals surface area contributed by atoms with Crippen LogP contribution in [0.15, 0.2) is 35.7 Å². The number of thioether (sulfide) groups is 1. The second-order valence-corrected chi connectivity index (χ2v) is 6.62. The summed E-state index contributed by atoms with van der Waals surface area (Å²) < 4.78 is 0. The van der Waals surface area contributed by atoms with E-state index in [0.717, 1.165) is 12.0 Å². The molecule has 7 heteroatoms. The lowest BCUT2D eigenvalue weighted by molar-refractivity contribution is -0.142. The molecule has 2 N–H and O–H groups in total. The van der Waals surface area contributed by atoms with Crippen molar-refractivity contribution < 1.29 is 19.5 Å². The molecule has 1 atom stereocenters. The molecular weight excluding hydrogens is 340 g/mol. The van der Waals surface area contributed by atoms with E-state index in [4.69, 9.17) is 0 Å². The number of carboxylic acid groups (broad SMARTS) is 1. The fraction of sp³-hybridized carbons (Fsp3) is 0.389. The van der Waals surface area contributed by atoms with Crippen molar-refractivity contribution in [1.82, 2.24) is 10.2 Å². The van der Waals surface area contributed by atoms with E-state index < -0.39 is 17.9 Å². The zero-order valence-corrected chi connectivity index (χ0v) is 14.9. The number of aliphatic carboxylic acids is 1. The van der Waals surface area contributed by atoms with Crippen LogP contribution >= 0.6 is 11.8 Å². The molecule has 134 valence electrons. The van der Waals surface area contributed by atoms with Gasteiger partial charge in [0.1, 0.15) is 12.6 Å². The fourth-order valence-electron chi connectivity index (χ4n) is 2.52. The number of nitrogens with one attached hydrogen (secondary N) is 1. The average Bonchev–Trinajstić information content (AvgIpc) is 2.61. The number of unbranched alkanes of at least 4 members (excludes halogenated alkanes) is 1. The van der Waals surface area contributed by atoms with Crippen molar-refractivity contribution in [2.45, 2.75) is 32.2 Å². The molecule has 6 nitrogen and oxygen atoms in total. The molecule has 0 saturated carbocycles. The zero-order valence-electron chi connectivity index (χ0n) is 14.1. The maximum absolute atomic E-state index is 12.3. The Balaban J connectivity index is 2.08. The van der Waals surface area contributed by atoms with Gasteiger partial charge in [0.15, 0.2) is 0 Å². The van der Waals surface area contributed by atoms with Gasteiger partial charge in [-0.2, -0.15) is 0 Å². The van der Waals surface area contributed by atoms with Crippen molar-refractivity contribution in [3.8, 4) is 0 Å². The molecule has 0 aliphatic carbocycles. The molecule has 1 aromatic carbocycles. The van der Waals surface area contributed by atoms with Gasteiger partial charge in [-0.25, -0.2) is 4.79 Å². The van der Waals surface area contributed by atoms with Crippen LogP contribution in [0.2, 0.25) is 0 Å². The highest BCUT2D eigenvalue weighted by Gasteiger charge is 2.27. The second kappa shape index (κ2) is 9.27. The molecule has 1 aliphatic rings. The van der Waals surface area contributed by atoms with Gasteiger partial charge in [-0.3, -0.25) is 9.59 Å². The average molecular weight is 362 g/mol. The van der Waals surface area contributed by atoms with Crippen LogP contribution in [0.5, 0.6) is 0 Å². The molecule has 0 saturated heterocycles. The molecule has 25 heavy (non-hydrogen) atoms. The van der Waals surface area contributed by atoms with Crippen LogP contribution in [-0.2, 0) is 14.4 Å². The third kappa shape index (κ3) is 5.35. The van der Waals surface area contributed by atoms with Crippen molar-refractivity contribution in [1.29, 1.82) is 0 Å². The minimum atomic E-state index is -1.05. The lowest BCUT2D eigenvalue weighted by atomic mass is 10.1.